The van der Waals surface area contributed by atoms with Gasteiger partial charge in [0.15, 0.2) is 0 Å². The van der Waals surface area contributed by atoms with Gasteiger partial charge in [-0.25, -0.2) is 0 Å². The van der Waals surface area contributed by atoms with Gasteiger partial charge in [-0.15, -0.1) is 0 Å². The number of aromatic hydroxyl groups is 2. The van der Waals surface area contributed by atoms with Crippen molar-refractivity contribution in [1.29, 1.82) is 0 Å². The molecule has 1 fully saturated rings. The summed E-state index contributed by atoms with van der Waals surface area (Å²) in [4.78, 5) is 14.8. The van der Waals surface area contributed by atoms with Crippen molar-refractivity contribution in [2.24, 2.45) is 0 Å². The van der Waals surface area contributed by atoms with E-state index in [2.05, 4.69) is 4.90 Å². The number of phenolic OH excluding ortho intramolecular Hbond substituents is 2. The van der Waals surface area contributed by atoms with Crippen LogP contribution in [0.25, 0.3) is 0 Å². The first-order valence-corrected chi connectivity index (χ1v) is 7.31. The maximum atomic E-state index is 11.2. The third-order valence-corrected chi connectivity index (χ3v) is 3.99. The predicted octanol–water partition coefficient (Wildman–Crippen LogP) is 2.33. The van der Waals surface area contributed by atoms with Crippen molar-refractivity contribution >= 4 is 17.1 Å². The van der Waals surface area contributed by atoms with E-state index < -0.39 is 4.92 Å². The lowest BCUT2D eigenvalue weighted by Crippen LogP contribution is -2.46. The Bertz CT molecular complexity index is 710. The second-order valence-electron chi connectivity index (χ2n) is 5.42. The molecule has 0 bridgehead atoms. The van der Waals surface area contributed by atoms with Gasteiger partial charge in [-0.1, -0.05) is 0 Å². The summed E-state index contributed by atoms with van der Waals surface area (Å²) in [5.74, 6) is 0.121. The molecule has 2 aromatic carbocycles. The van der Waals surface area contributed by atoms with Gasteiger partial charge in [0.25, 0.3) is 5.69 Å². The van der Waals surface area contributed by atoms with Crippen molar-refractivity contribution in [2.45, 2.75) is 0 Å². The lowest BCUT2D eigenvalue weighted by Gasteiger charge is -2.37. The van der Waals surface area contributed by atoms with E-state index in [0.717, 1.165) is 18.8 Å². The zero-order chi connectivity index (χ0) is 16.4. The van der Waals surface area contributed by atoms with Gasteiger partial charge in [-0.3, -0.25) is 10.1 Å². The largest absolute Gasteiger partial charge is 0.508 e. The fourth-order valence-corrected chi connectivity index (χ4v) is 2.79. The average molecular weight is 315 g/mol. The van der Waals surface area contributed by atoms with Crippen LogP contribution < -0.4 is 9.80 Å². The number of piperazine rings is 1. The number of phenols is 2. The van der Waals surface area contributed by atoms with Gasteiger partial charge in [0.1, 0.15) is 17.2 Å². The standard InChI is InChI=1S/C16H17N3O4/c20-13-3-1-12(2-4-13)17-7-9-18(10-8-17)15-6-5-14(21)11-16(15)19(22)23/h1-6,11,20-21H,7-10H2. The molecule has 0 amide bonds. The van der Waals surface area contributed by atoms with Crippen LogP contribution in [-0.2, 0) is 0 Å². The van der Waals surface area contributed by atoms with Gasteiger partial charge >= 0.3 is 0 Å². The quantitative estimate of drug-likeness (QED) is 0.667. The van der Waals surface area contributed by atoms with Crippen LogP contribution in [0, 0.1) is 10.1 Å². The molecule has 120 valence electrons. The normalized spacial score (nSPS) is 14.8. The van der Waals surface area contributed by atoms with E-state index in [1.807, 2.05) is 17.0 Å². The topological polar surface area (TPSA) is 90.1 Å². The number of anilines is 2. The SMILES string of the molecule is O=[N+]([O-])c1cc(O)ccc1N1CCN(c2ccc(O)cc2)CC1. The summed E-state index contributed by atoms with van der Waals surface area (Å²) in [6.07, 6.45) is 0. The van der Waals surface area contributed by atoms with Gasteiger partial charge in [0.05, 0.1) is 11.0 Å². The van der Waals surface area contributed by atoms with Crippen molar-refractivity contribution in [3.05, 3.63) is 52.6 Å². The Labute approximate surface area is 133 Å². The van der Waals surface area contributed by atoms with E-state index >= 15 is 0 Å². The number of hydrogen-bond donors (Lipinski definition) is 2. The summed E-state index contributed by atoms with van der Waals surface area (Å²) < 4.78 is 0. The molecule has 0 aliphatic carbocycles. The van der Waals surface area contributed by atoms with E-state index in [1.54, 1.807) is 18.2 Å². The predicted molar refractivity (Wildman–Crippen MR) is 87.3 cm³/mol. The number of benzene rings is 2. The molecule has 0 aromatic heterocycles. The van der Waals surface area contributed by atoms with Crippen LogP contribution in [0.4, 0.5) is 17.1 Å². The molecule has 7 nitrogen and oxygen atoms in total. The molecular formula is C16H17N3O4. The average Bonchev–Trinajstić information content (AvgIpc) is 2.56. The lowest BCUT2D eigenvalue weighted by atomic mass is 10.2. The summed E-state index contributed by atoms with van der Waals surface area (Å²) in [7, 11) is 0. The van der Waals surface area contributed by atoms with Crippen LogP contribution in [0.3, 0.4) is 0 Å². The molecule has 7 heteroatoms. The highest BCUT2D eigenvalue weighted by Gasteiger charge is 2.24. The summed E-state index contributed by atoms with van der Waals surface area (Å²) in [6.45, 7) is 2.74. The summed E-state index contributed by atoms with van der Waals surface area (Å²) in [6, 6.07) is 11.2. The second-order valence-corrected chi connectivity index (χ2v) is 5.42. The van der Waals surface area contributed by atoms with E-state index in [0.29, 0.717) is 18.8 Å². The Hall–Kier alpha value is -2.96. The third kappa shape index (κ3) is 3.13. The molecule has 2 N–H and O–H groups in total. The van der Waals surface area contributed by atoms with Gasteiger partial charge in [0.2, 0.25) is 0 Å². The van der Waals surface area contributed by atoms with E-state index in [9.17, 15) is 20.3 Å². The van der Waals surface area contributed by atoms with Crippen LogP contribution in [0.2, 0.25) is 0 Å². The Kier molecular flexibility index (Phi) is 3.92. The molecule has 1 aliphatic heterocycles. The molecule has 1 heterocycles. The van der Waals surface area contributed by atoms with Crippen molar-refractivity contribution in [3.63, 3.8) is 0 Å². The molecule has 1 saturated heterocycles. The molecule has 23 heavy (non-hydrogen) atoms. The number of nitro groups is 1. The van der Waals surface area contributed by atoms with Crippen LogP contribution in [-0.4, -0.2) is 41.3 Å². The Morgan fingerprint density at radius 1 is 0.870 bits per heavy atom. The first-order chi connectivity index (χ1) is 11.0. The van der Waals surface area contributed by atoms with Crippen molar-refractivity contribution < 1.29 is 15.1 Å². The number of rotatable bonds is 3. The molecular weight excluding hydrogens is 298 g/mol. The van der Waals surface area contributed by atoms with E-state index in [1.165, 1.54) is 12.1 Å². The van der Waals surface area contributed by atoms with Gasteiger partial charge < -0.3 is 20.0 Å². The fraction of sp³-hybridized carbons (Fsp3) is 0.250. The van der Waals surface area contributed by atoms with Gasteiger partial charge in [-0.05, 0) is 36.4 Å². The highest BCUT2D eigenvalue weighted by Crippen LogP contribution is 2.32. The fourth-order valence-electron chi connectivity index (χ4n) is 2.79. The number of hydrogen-bond acceptors (Lipinski definition) is 6. The van der Waals surface area contributed by atoms with Crippen molar-refractivity contribution in [1.82, 2.24) is 0 Å². The van der Waals surface area contributed by atoms with E-state index in [-0.39, 0.29) is 17.2 Å². The maximum Gasteiger partial charge on any atom is 0.296 e. The molecule has 0 radical (unpaired) electrons. The Morgan fingerprint density at radius 3 is 2.04 bits per heavy atom. The Balaban J connectivity index is 1.74. The second kappa shape index (κ2) is 6.04. The summed E-state index contributed by atoms with van der Waals surface area (Å²) in [5.41, 5.74) is 1.46. The monoisotopic (exact) mass is 315 g/mol. The molecule has 0 unspecified atom stereocenters. The molecule has 0 spiro atoms. The van der Waals surface area contributed by atoms with E-state index in [4.69, 9.17) is 0 Å². The highest BCUT2D eigenvalue weighted by molar-refractivity contribution is 5.66. The van der Waals surface area contributed by atoms with Crippen LogP contribution in [0.5, 0.6) is 11.5 Å². The molecule has 3 rings (SSSR count). The lowest BCUT2D eigenvalue weighted by molar-refractivity contribution is -0.384. The summed E-state index contributed by atoms with van der Waals surface area (Å²) >= 11 is 0. The van der Waals surface area contributed by atoms with Crippen LogP contribution >= 0.6 is 0 Å². The van der Waals surface area contributed by atoms with Crippen molar-refractivity contribution in [2.75, 3.05) is 36.0 Å². The minimum Gasteiger partial charge on any atom is -0.508 e. The van der Waals surface area contributed by atoms with Crippen molar-refractivity contribution in [3.8, 4) is 11.5 Å². The minimum atomic E-state index is -0.471. The van der Waals surface area contributed by atoms with Crippen LogP contribution in [0.15, 0.2) is 42.5 Å². The summed E-state index contributed by atoms with van der Waals surface area (Å²) in [5, 5.41) is 30.0. The van der Waals surface area contributed by atoms with Crippen LogP contribution in [0.1, 0.15) is 0 Å². The maximum absolute atomic E-state index is 11.2. The molecule has 0 atom stereocenters. The van der Waals surface area contributed by atoms with Gasteiger partial charge in [-0.2, -0.15) is 0 Å². The number of nitro benzene ring substituents is 1. The first kappa shape index (κ1) is 15.0. The number of nitrogens with zero attached hydrogens (tertiary/aromatic N) is 3. The highest BCUT2D eigenvalue weighted by atomic mass is 16.6. The molecule has 0 saturated carbocycles. The smallest absolute Gasteiger partial charge is 0.296 e. The molecule has 2 aromatic rings. The molecule has 1 aliphatic rings. The van der Waals surface area contributed by atoms with Gasteiger partial charge in [0, 0.05) is 31.9 Å². The Morgan fingerprint density at radius 2 is 1.43 bits per heavy atom. The first-order valence-electron chi connectivity index (χ1n) is 7.31. The zero-order valence-corrected chi connectivity index (χ0v) is 12.4. The zero-order valence-electron chi connectivity index (χ0n) is 12.4. The third-order valence-electron chi connectivity index (χ3n) is 3.99. The minimum absolute atomic E-state index is 0.0805.